The molecule has 2 heterocycles. The highest BCUT2D eigenvalue weighted by atomic mass is 32.2. The number of aromatic nitrogens is 2. The minimum atomic E-state index is -3.39. The van der Waals surface area contributed by atoms with Gasteiger partial charge in [0.2, 0.25) is 5.88 Å². The molecule has 0 saturated heterocycles. The van der Waals surface area contributed by atoms with Gasteiger partial charge in [0.1, 0.15) is 17.0 Å². The maximum absolute atomic E-state index is 12.7. The van der Waals surface area contributed by atoms with Crippen LogP contribution in [0.5, 0.6) is 11.6 Å². The van der Waals surface area contributed by atoms with E-state index in [-0.39, 0.29) is 28.0 Å². The summed E-state index contributed by atoms with van der Waals surface area (Å²) in [5.74, 6) is 0.838. The zero-order valence-electron chi connectivity index (χ0n) is 19.8. The SMILES string of the molecule is CCS(=O)(=O)c1ccc2oc(NC(=O)Nc3cccnc3Oc3ccccc3C(C)(C)C)nc2c1. The largest absolute Gasteiger partial charge is 0.437 e. The maximum Gasteiger partial charge on any atom is 0.327 e. The lowest BCUT2D eigenvalue weighted by Crippen LogP contribution is -2.20. The molecule has 0 radical (unpaired) electrons. The van der Waals surface area contributed by atoms with E-state index in [4.69, 9.17) is 9.15 Å². The van der Waals surface area contributed by atoms with Gasteiger partial charge in [-0.25, -0.2) is 18.2 Å². The molecular weight excluding hydrogens is 468 g/mol. The topological polar surface area (TPSA) is 123 Å². The van der Waals surface area contributed by atoms with Gasteiger partial charge < -0.3 is 14.5 Å². The van der Waals surface area contributed by atoms with Gasteiger partial charge in [-0.15, -0.1) is 0 Å². The summed E-state index contributed by atoms with van der Waals surface area (Å²) >= 11 is 0. The number of urea groups is 1. The number of fused-ring (bicyclic) bond motifs is 1. The summed E-state index contributed by atoms with van der Waals surface area (Å²) in [5.41, 5.74) is 1.86. The van der Waals surface area contributed by atoms with Crippen LogP contribution in [-0.4, -0.2) is 30.2 Å². The van der Waals surface area contributed by atoms with Crippen molar-refractivity contribution in [3.05, 3.63) is 66.4 Å². The van der Waals surface area contributed by atoms with Crippen LogP contribution in [0, 0.1) is 0 Å². The van der Waals surface area contributed by atoms with Crippen LogP contribution in [-0.2, 0) is 15.3 Å². The summed E-state index contributed by atoms with van der Waals surface area (Å²) in [5, 5.41) is 5.21. The number of benzene rings is 2. The molecule has 0 fully saturated rings. The lowest BCUT2D eigenvalue weighted by molar-refractivity contribution is 0.261. The minimum Gasteiger partial charge on any atom is -0.437 e. The number of pyridine rings is 1. The Kier molecular flexibility index (Phi) is 6.49. The highest BCUT2D eigenvalue weighted by Crippen LogP contribution is 2.35. The van der Waals surface area contributed by atoms with Gasteiger partial charge in [0, 0.05) is 11.8 Å². The Hall–Kier alpha value is -3.92. The molecule has 0 atom stereocenters. The molecule has 10 heteroatoms. The third kappa shape index (κ3) is 5.43. The molecule has 4 aromatic rings. The highest BCUT2D eigenvalue weighted by Gasteiger charge is 2.21. The smallest absolute Gasteiger partial charge is 0.327 e. The van der Waals surface area contributed by atoms with E-state index in [0.29, 0.717) is 22.5 Å². The van der Waals surface area contributed by atoms with Crippen LogP contribution >= 0.6 is 0 Å². The quantitative estimate of drug-likeness (QED) is 0.350. The van der Waals surface area contributed by atoms with Gasteiger partial charge in [-0.1, -0.05) is 45.9 Å². The van der Waals surface area contributed by atoms with Crippen molar-refractivity contribution in [2.24, 2.45) is 0 Å². The number of anilines is 2. The van der Waals surface area contributed by atoms with Crippen LogP contribution in [0.15, 0.2) is 70.1 Å². The molecule has 0 saturated carbocycles. The number of para-hydroxylation sites is 1. The summed E-state index contributed by atoms with van der Waals surface area (Å²) in [4.78, 5) is 21.3. The lowest BCUT2D eigenvalue weighted by Gasteiger charge is -2.22. The van der Waals surface area contributed by atoms with Crippen LogP contribution in [0.25, 0.3) is 11.1 Å². The molecule has 0 spiro atoms. The zero-order valence-corrected chi connectivity index (χ0v) is 20.6. The Morgan fingerprint density at radius 1 is 1.06 bits per heavy atom. The number of carbonyl (C=O) groups excluding carboxylic acids is 1. The fraction of sp³-hybridized carbons (Fsp3) is 0.240. The fourth-order valence-electron chi connectivity index (χ4n) is 3.42. The van der Waals surface area contributed by atoms with E-state index in [0.717, 1.165) is 5.56 Å². The summed E-state index contributed by atoms with van der Waals surface area (Å²) in [7, 11) is -3.39. The number of amides is 2. The molecular formula is C25H26N4O5S. The molecule has 0 unspecified atom stereocenters. The molecule has 2 aromatic heterocycles. The van der Waals surface area contributed by atoms with E-state index in [1.165, 1.54) is 18.2 Å². The average molecular weight is 495 g/mol. The van der Waals surface area contributed by atoms with Crippen molar-refractivity contribution in [2.75, 3.05) is 16.4 Å². The Morgan fingerprint density at radius 3 is 2.57 bits per heavy atom. The summed E-state index contributed by atoms with van der Waals surface area (Å²) in [6, 6.07) is 14.7. The summed E-state index contributed by atoms with van der Waals surface area (Å²) in [6.07, 6.45) is 1.57. The van der Waals surface area contributed by atoms with Gasteiger partial charge in [0.25, 0.3) is 0 Å². The van der Waals surface area contributed by atoms with E-state index in [1.807, 2.05) is 24.3 Å². The van der Waals surface area contributed by atoms with Crippen molar-refractivity contribution in [3.63, 3.8) is 0 Å². The number of oxazole rings is 1. The van der Waals surface area contributed by atoms with E-state index in [1.54, 1.807) is 25.3 Å². The first-order valence-electron chi connectivity index (χ1n) is 11.0. The summed E-state index contributed by atoms with van der Waals surface area (Å²) in [6.45, 7) is 7.82. The molecule has 35 heavy (non-hydrogen) atoms. The molecule has 9 nitrogen and oxygen atoms in total. The van der Waals surface area contributed by atoms with Crippen molar-refractivity contribution >= 4 is 38.7 Å². The number of hydrogen-bond donors (Lipinski definition) is 2. The van der Waals surface area contributed by atoms with Crippen LogP contribution in [0.2, 0.25) is 0 Å². The molecule has 4 rings (SSSR count). The van der Waals surface area contributed by atoms with Gasteiger partial charge in [0.15, 0.2) is 15.4 Å². The van der Waals surface area contributed by atoms with Crippen molar-refractivity contribution in [1.82, 2.24) is 9.97 Å². The monoisotopic (exact) mass is 494 g/mol. The summed E-state index contributed by atoms with van der Waals surface area (Å²) < 4.78 is 35.8. The van der Waals surface area contributed by atoms with Gasteiger partial charge in [-0.05, 0) is 41.8 Å². The Bertz CT molecular complexity index is 1490. The number of sulfone groups is 1. The second-order valence-corrected chi connectivity index (χ2v) is 11.1. The number of nitrogens with one attached hydrogen (secondary N) is 2. The van der Waals surface area contributed by atoms with Crippen molar-refractivity contribution in [3.8, 4) is 11.6 Å². The molecule has 2 aromatic carbocycles. The van der Waals surface area contributed by atoms with Crippen LogP contribution in [0.1, 0.15) is 33.3 Å². The first-order chi connectivity index (χ1) is 16.6. The van der Waals surface area contributed by atoms with Crippen LogP contribution < -0.4 is 15.4 Å². The Balaban J connectivity index is 1.53. The van der Waals surface area contributed by atoms with Crippen LogP contribution in [0.3, 0.4) is 0 Å². The Morgan fingerprint density at radius 2 is 1.83 bits per heavy atom. The van der Waals surface area contributed by atoms with Gasteiger partial charge in [-0.2, -0.15) is 4.98 Å². The number of nitrogens with zero attached hydrogens (tertiary/aromatic N) is 2. The standard InChI is InChI=1S/C25H26N4O5S/c1-5-35(31,32)16-12-13-21-19(15-16)28-24(34-21)29-23(30)27-18-10-8-14-26-22(18)33-20-11-7-6-9-17(20)25(2,3)4/h6-15H,5H2,1-4H3,(H2,27,28,29,30). The van der Waals surface area contributed by atoms with Crippen molar-refractivity contribution in [1.29, 1.82) is 0 Å². The normalized spacial score (nSPS) is 11.9. The first-order valence-corrected chi connectivity index (χ1v) is 12.7. The van der Waals surface area contributed by atoms with Gasteiger partial charge >= 0.3 is 12.0 Å². The van der Waals surface area contributed by atoms with E-state index in [9.17, 15) is 13.2 Å². The first kappa shape index (κ1) is 24.2. The molecule has 0 aliphatic heterocycles. The van der Waals surface area contributed by atoms with E-state index in [2.05, 4.69) is 41.4 Å². The molecule has 182 valence electrons. The average Bonchev–Trinajstić information content (AvgIpc) is 3.21. The number of rotatable bonds is 6. The number of carbonyl (C=O) groups is 1. The van der Waals surface area contributed by atoms with E-state index < -0.39 is 15.9 Å². The molecule has 0 aliphatic rings. The van der Waals surface area contributed by atoms with Crippen molar-refractivity contribution < 1.29 is 22.4 Å². The predicted octanol–water partition coefficient (Wildman–Crippen LogP) is 5.75. The molecule has 0 bridgehead atoms. The van der Waals surface area contributed by atoms with Gasteiger partial charge in [0.05, 0.1) is 10.6 Å². The van der Waals surface area contributed by atoms with Gasteiger partial charge in [-0.3, -0.25) is 5.32 Å². The van der Waals surface area contributed by atoms with Crippen molar-refractivity contribution in [2.45, 2.75) is 38.0 Å². The lowest BCUT2D eigenvalue weighted by atomic mass is 9.86. The van der Waals surface area contributed by atoms with Crippen LogP contribution in [0.4, 0.5) is 16.5 Å². The minimum absolute atomic E-state index is 0.0282. The maximum atomic E-state index is 12.7. The molecule has 2 amide bonds. The third-order valence-corrected chi connectivity index (χ3v) is 6.97. The predicted molar refractivity (Wildman–Crippen MR) is 134 cm³/mol. The zero-order chi connectivity index (χ0) is 25.2. The second-order valence-electron chi connectivity index (χ2n) is 8.84. The van der Waals surface area contributed by atoms with E-state index >= 15 is 0 Å². The number of hydrogen-bond acceptors (Lipinski definition) is 7. The third-order valence-electron chi connectivity index (χ3n) is 5.24. The molecule has 2 N–H and O–H groups in total. The second kappa shape index (κ2) is 9.38. The highest BCUT2D eigenvalue weighted by molar-refractivity contribution is 7.91. The fourth-order valence-corrected chi connectivity index (χ4v) is 4.32. The molecule has 0 aliphatic carbocycles. The Labute approximate surface area is 203 Å². The number of ether oxygens (including phenoxy) is 1.